The molecule has 0 spiro atoms. The van der Waals surface area contributed by atoms with Gasteiger partial charge in [-0.25, -0.2) is 4.39 Å². The fourth-order valence-electron chi connectivity index (χ4n) is 1.54. The van der Waals surface area contributed by atoms with Gasteiger partial charge in [-0.05, 0) is 25.1 Å². The monoisotopic (exact) mass is 269 g/mol. The van der Waals surface area contributed by atoms with Gasteiger partial charge < -0.3 is 14.8 Å². The van der Waals surface area contributed by atoms with Crippen molar-refractivity contribution in [2.45, 2.75) is 19.4 Å². The number of rotatable bonds is 5. The van der Waals surface area contributed by atoms with Crippen molar-refractivity contribution in [3.05, 3.63) is 29.6 Å². The van der Waals surface area contributed by atoms with Gasteiger partial charge in [0, 0.05) is 6.04 Å². The van der Waals surface area contributed by atoms with E-state index in [1.807, 2.05) is 0 Å². The molecule has 0 aliphatic rings. The zero-order valence-corrected chi connectivity index (χ0v) is 11.0. The Labute approximate surface area is 110 Å². The SMILES string of the molecule is COC(=O)CC(C)NC(=O)c1cc(F)ccc1OC. The lowest BCUT2D eigenvalue weighted by atomic mass is 10.1. The number of benzene rings is 1. The molecule has 0 heterocycles. The molecule has 6 heteroatoms. The third kappa shape index (κ3) is 4.24. The Morgan fingerprint density at radius 2 is 2.05 bits per heavy atom. The van der Waals surface area contributed by atoms with Crippen LogP contribution in [0.4, 0.5) is 4.39 Å². The summed E-state index contributed by atoms with van der Waals surface area (Å²) in [5.41, 5.74) is 0.0826. The molecule has 19 heavy (non-hydrogen) atoms. The second-order valence-corrected chi connectivity index (χ2v) is 4.00. The van der Waals surface area contributed by atoms with Crippen LogP contribution in [0, 0.1) is 5.82 Å². The number of ether oxygens (including phenoxy) is 2. The molecule has 0 aliphatic heterocycles. The maximum Gasteiger partial charge on any atom is 0.307 e. The van der Waals surface area contributed by atoms with Crippen molar-refractivity contribution in [1.29, 1.82) is 0 Å². The molecular formula is C13H16FNO4. The fraction of sp³-hybridized carbons (Fsp3) is 0.385. The van der Waals surface area contributed by atoms with E-state index >= 15 is 0 Å². The van der Waals surface area contributed by atoms with E-state index in [4.69, 9.17) is 4.74 Å². The number of amides is 1. The summed E-state index contributed by atoms with van der Waals surface area (Å²) in [6, 6.07) is 3.23. The maximum absolute atomic E-state index is 13.1. The standard InChI is InChI=1S/C13H16FNO4/c1-8(6-12(16)19-3)15-13(17)10-7-9(14)4-5-11(10)18-2/h4-5,7-8H,6H2,1-3H3,(H,15,17). The van der Waals surface area contributed by atoms with E-state index in [1.54, 1.807) is 6.92 Å². The van der Waals surface area contributed by atoms with Gasteiger partial charge in [-0.3, -0.25) is 9.59 Å². The minimum absolute atomic E-state index is 0.0415. The van der Waals surface area contributed by atoms with Gasteiger partial charge in [0.15, 0.2) is 0 Å². The number of carbonyl (C=O) groups excluding carboxylic acids is 2. The van der Waals surface area contributed by atoms with Crippen LogP contribution in [-0.4, -0.2) is 32.1 Å². The minimum Gasteiger partial charge on any atom is -0.496 e. The lowest BCUT2D eigenvalue weighted by Crippen LogP contribution is -2.34. The molecule has 1 unspecified atom stereocenters. The Hall–Kier alpha value is -2.11. The molecule has 1 N–H and O–H groups in total. The highest BCUT2D eigenvalue weighted by Crippen LogP contribution is 2.19. The van der Waals surface area contributed by atoms with Gasteiger partial charge in [-0.1, -0.05) is 0 Å². The number of methoxy groups -OCH3 is 2. The van der Waals surface area contributed by atoms with Gasteiger partial charge in [0.2, 0.25) is 0 Å². The smallest absolute Gasteiger partial charge is 0.307 e. The Kier molecular flexibility index (Phi) is 5.29. The summed E-state index contributed by atoms with van der Waals surface area (Å²) >= 11 is 0. The largest absolute Gasteiger partial charge is 0.496 e. The second kappa shape index (κ2) is 6.72. The Morgan fingerprint density at radius 1 is 1.37 bits per heavy atom. The Balaban J connectivity index is 2.77. The van der Waals surface area contributed by atoms with Gasteiger partial charge in [0.25, 0.3) is 5.91 Å². The van der Waals surface area contributed by atoms with Crippen LogP contribution in [0.3, 0.4) is 0 Å². The summed E-state index contributed by atoms with van der Waals surface area (Å²) in [5.74, 6) is -1.21. The lowest BCUT2D eigenvalue weighted by molar-refractivity contribution is -0.141. The van der Waals surface area contributed by atoms with E-state index in [9.17, 15) is 14.0 Å². The number of carbonyl (C=O) groups is 2. The van der Waals surface area contributed by atoms with Crippen molar-refractivity contribution in [3.8, 4) is 5.75 Å². The molecule has 104 valence electrons. The Morgan fingerprint density at radius 3 is 2.63 bits per heavy atom. The predicted molar refractivity (Wildman–Crippen MR) is 66.5 cm³/mol. The third-order valence-electron chi connectivity index (χ3n) is 2.48. The molecule has 1 aromatic carbocycles. The summed E-state index contributed by atoms with van der Waals surface area (Å²) in [5, 5.41) is 2.58. The van der Waals surface area contributed by atoms with E-state index in [-0.39, 0.29) is 17.7 Å². The highest BCUT2D eigenvalue weighted by molar-refractivity contribution is 5.97. The van der Waals surface area contributed by atoms with Crippen molar-refractivity contribution in [2.75, 3.05) is 14.2 Å². The first-order chi connectivity index (χ1) is 8.97. The first-order valence-electron chi connectivity index (χ1n) is 5.69. The van der Waals surface area contributed by atoms with Crippen molar-refractivity contribution in [3.63, 3.8) is 0 Å². The summed E-state index contributed by atoms with van der Waals surface area (Å²) in [4.78, 5) is 23.0. The number of esters is 1. The van der Waals surface area contributed by atoms with Gasteiger partial charge >= 0.3 is 5.97 Å². The van der Waals surface area contributed by atoms with Crippen molar-refractivity contribution < 1.29 is 23.5 Å². The highest BCUT2D eigenvalue weighted by atomic mass is 19.1. The molecule has 0 aromatic heterocycles. The molecule has 0 fully saturated rings. The highest BCUT2D eigenvalue weighted by Gasteiger charge is 2.17. The summed E-state index contributed by atoms with van der Waals surface area (Å²) in [6.45, 7) is 1.65. The van der Waals surface area contributed by atoms with Crippen molar-refractivity contribution >= 4 is 11.9 Å². The van der Waals surface area contributed by atoms with Crippen molar-refractivity contribution in [2.24, 2.45) is 0 Å². The average Bonchev–Trinajstić information content (AvgIpc) is 2.38. The van der Waals surface area contributed by atoms with Crippen LogP contribution < -0.4 is 10.1 Å². The summed E-state index contributed by atoms with van der Waals surface area (Å²) in [7, 11) is 2.66. The van der Waals surface area contributed by atoms with Crippen molar-refractivity contribution in [1.82, 2.24) is 5.32 Å². The lowest BCUT2D eigenvalue weighted by Gasteiger charge is -2.14. The van der Waals surface area contributed by atoms with Gasteiger partial charge in [0.05, 0.1) is 26.2 Å². The van der Waals surface area contributed by atoms with E-state index in [2.05, 4.69) is 10.1 Å². The van der Waals surface area contributed by atoms with Crippen LogP contribution in [0.25, 0.3) is 0 Å². The topological polar surface area (TPSA) is 64.6 Å². The molecule has 0 radical (unpaired) electrons. The normalized spacial score (nSPS) is 11.6. The Bertz CT molecular complexity index is 476. The maximum atomic E-state index is 13.1. The zero-order valence-electron chi connectivity index (χ0n) is 11.0. The number of halogens is 1. The summed E-state index contributed by atoms with van der Waals surface area (Å²) in [6.07, 6.45) is 0.0415. The van der Waals surface area contributed by atoms with E-state index < -0.39 is 23.7 Å². The molecule has 5 nitrogen and oxygen atoms in total. The van der Waals surface area contributed by atoms with Crippen LogP contribution in [0.1, 0.15) is 23.7 Å². The van der Waals surface area contributed by atoms with Crippen LogP contribution in [0.15, 0.2) is 18.2 Å². The first kappa shape index (κ1) is 14.9. The minimum atomic E-state index is -0.536. The fourth-order valence-corrected chi connectivity index (χ4v) is 1.54. The van der Waals surface area contributed by atoms with Crippen LogP contribution in [0.2, 0.25) is 0 Å². The molecule has 1 amide bonds. The van der Waals surface area contributed by atoms with E-state index in [1.165, 1.54) is 26.4 Å². The van der Waals surface area contributed by atoms with Gasteiger partial charge in [0.1, 0.15) is 11.6 Å². The van der Waals surface area contributed by atoms with Gasteiger partial charge in [-0.15, -0.1) is 0 Å². The van der Waals surface area contributed by atoms with Crippen LogP contribution in [0.5, 0.6) is 5.75 Å². The average molecular weight is 269 g/mol. The van der Waals surface area contributed by atoms with Crippen LogP contribution in [-0.2, 0) is 9.53 Å². The predicted octanol–water partition coefficient (Wildman–Crippen LogP) is 1.52. The molecular weight excluding hydrogens is 253 g/mol. The molecule has 0 saturated heterocycles. The van der Waals surface area contributed by atoms with Crippen LogP contribution >= 0.6 is 0 Å². The van der Waals surface area contributed by atoms with E-state index in [0.29, 0.717) is 0 Å². The second-order valence-electron chi connectivity index (χ2n) is 4.00. The number of hydrogen-bond donors (Lipinski definition) is 1. The summed E-state index contributed by atoms with van der Waals surface area (Å²) < 4.78 is 22.6. The first-order valence-corrected chi connectivity index (χ1v) is 5.69. The zero-order chi connectivity index (χ0) is 14.4. The van der Waals surface area contributed by atoms with Gasteiger partial charge in [-0.2, -0.15) is 0 Å². The van der Waals surface area contributed by atoms with E-state index in [0.717, 1.165) is 6.07 Å². The number of hydrogen-bond acceptors (Lipinski definition) is 4. The molecule has 0 bridgehead atoms. The number of nitrogens with one attached hydrogen (secondary N) is 1. The molecule has 1 aromatic rings. The molecule has 0 aliphatic carbocycles. The molecule has 0 saturated carbocycles. The molecule has 1 rings (SSSR count). The molecule has 1 atom stereocenters. The quantitative estimate of drug-likeness (QED) is 0.823. The third-order valence-corrected chi connectivity index (χ3v) is 2.48.